The molecular weight excluding hydrogens is 657 g/mol. The molecule has 3 aromatic heterocycles. The van der Waals surface area contributed by atoms with Crippen LogP contribution in [0.5, 0.6) is 5.75 Å². The molecule has 0 radical (unpaired) electrons. The topological polar surface area (TPSA) is 77.6 Å². The number of thioether (sulfide) groups is 1. The molecule has 8 nitrogen and oxygen atoms in total. The van der Waals surface area contributed by atoms with E-state index < -0.39 is 5.82 Å². The fraction of sp³-hybridized carbons (Fsp3) is 0.355. The summed E-state index contributed by atoms with van der Waals surface area (Å²) in [5.41, 5.74) is 2.72. The van der Waals surface area contributed by atoms with Crippen LogP contribution < -0.4 is 10.1 Å². The lowest BCUT2D eigenvalue weighted by Gasteiger charge is -2.25. The zero-order chi connectivity index (χ0) is 29.3. The minimum absolute atomic E-state index is 0.0449. The molecule has 224 valence electrons. The van der Waals surface area contributed by atoms with Gasteiger partial charge in [0.2, 0.25) is 0 Å². The molecule has 0 amide bonds. The van der Waals surface area contributed by atoms with E-state index in [2.05, 4.69) is 65.2 Å². The fourth-order valence-electron chi connectivity index (χ4n) is 5.48. The molecule has 1 saturated heterocycles. The maximum absolute atomic E-state index is 13.8. The minimum atomic E-state index is -0.468. The summed E-state index contributed by atoms with van der Waals surface area (Å²) in [4.78, 5) is 2.35. The Hall–Kier alpha value is -2.83. The second-order valence-corrected chi connectivity index (χ2v) is 13.1. The molecule has 1 aliphatic carbocycles. The summed E-state index contributed by atoms with van der Waals surface area (Å²) in [6.45, 7) is 4.83. The molecule has 0 bridgehead atoms. The Morgan fingerprint density at radius 1 is 1.09 bits per heavy atom. The van der Waals surface area contributed by atoms with Crippen molar-refractivity contribution < 1.29 is 18.3 Å². The summed E-state index contributed by atoms with van der Waals surface area (Å²) in [6.07, 6.45) is 4.05. The maximum atomic E-state index is 13.8. The van der Waals surface area contributed by atoms with Crippen molar-refractivity contribution in [3.8, 4) is 5.75 Å². The highest BCUT2D eigenvalue weighted by molar-refractivity contribution is 9.10. The van der Waals surface area contributed by atoms with E-state index in [0.29, 0.717) is 24.2 Å². The lowest BCUT2D eigenvalue weighted by molar-refractivity contribution is 0.0312. The van der Waals surface area contributed by atoms with Crippen molar-refractivity contribution in [1.29, 1.82) is 0 Å². The number of nitrogens with one attached hydrogen (secondary N) is 1. The summed E-state index contributed by atoms with van der Waals surface area (Å²) >= 11 is 11.6. The Balaban J connectivity index is 1.06. The number of aromatic nitrogens is 3. The normalized spacial score (nSPS) is 15.9. The van der Waals surface area contributed by atoms with Crippen LogP contribution >= 0.6 is 39.3 Å². The van der Waals surface area contributed by atoms with Gasteiger partial charge in [0, 0.05) is 36.0 Å². The van der Waals surface area contributed by atoms with E-state index in [-0.39, 0.29) is 5.02 Å². The first-order valence-electron chi connectivity index (χ1n) is 14.3. The molecule has 4 heterocycles. The number of anilines is 2. The second-order valence-electron chi connectivity index (χ2n) is 10.8. The van der Waals surface area contributed by atoms with Crippen LogP contribution in [0, 0.1) is 5.82 Å². The zero-order valence-electron chi connectivity index (χ0n) is 23.3. The van der Waals surface area contributed by atoms with Crippen LogP contribution in [0.3, 0.4) is 0 Å². The average molecular weight is 687 g/mol. The molecule has 0 spiro atoms. The average Bonchev–Trinajstić information content (AvgIpc) is 3.66. The van der Waals surface area contributed by atoms with Crippen molar-refractivity contribution in [2.45, 2.75) is 31.2 Å². The quantitative estimate of drug-likeness (QED) is 0.140. The summed E-state index contributed by atoms with van der Waals surface area (Å²) in [5, 5.41) is 14.0. The Labute approximate surface area is 266 Å². The van der Waals surface area contributed by atoms with Gasteiger partial charge in [0.25, 0.3) is 0 Å². The predicted octanol–water partition coefficient (Wildman–Crippen LogP) is 7.96. The van der Waals surface area contributed by atoms with Gasteiger partial charge in [0.1, 0.15) is 23.1 Å². The van der Waals surface area contributed by atoms with Gasteiger partial charge in [-0.25, -0.2) is 4.39 Å². The zero-order valence-corrected chi connectivity index (χ0v) is 26.5. The van der Waals surface area contributed by atoms with Gasteiger partial charge in [-0.3, -0.25) is 4.90 Å². The number of rotatable bonds is 11. The first-order chi connectivity index (χ1) is 21.0. The van der Waals surface area contributed by atoms with Gasteiger partial charge in [0.05, 0.1) is 64.2 Å². The van der Waals surface area contributed by atoms with E-state index >= 15 is 0 Å². The molecule has 0 atom stereocenters. The van der Waals surface area contributed by atoms with Crippen molar-refractivity contribution in [2.24, 2.45) is 0 Å². The van der Waals surface area contributed by atoms with E-state index in [1.165, 1.54) is 6.07 Å². The van der Waals surface area contributed by atoms with Crippen molar-refractivity contribution in [3.63, 3.8) is 0 Å². The summed E-state index contributed by atoms with van der Waals surface area (Å²) < 4.78 is 34.8. The number of nitrogens with zero attached hydrogens (tertiary/aromatic N) is 4. The number of ether oxygens (including phenoxy) is 2. The molecule has 2 aromatic carbocycles. The molecule has 0 unspecified atom stereocenters. The van der Waals surface area contributed by atoms with Crippen LogP contribution in [0.4, 0.5) is 15.9 Å². The highest BCUT2D eigenvalue weighted by atomic mass is 79.9. The number of hydrogen-bond donors (Lipinski definition) is 1. The van der Waals surface area contributed by atoms with Gasteiger partial charge in [-0.05, 0) is 71.2 Å². The van der Waals surface area contributed by atoms with Gasteiger partial charge in [0.15, 0.2) is 5.82 Å². The molecule has 12 heteroatoms. The Morgan fingerprint density at radius 2 is 1.93 bits per heavy atom. The maximum Gasteiger partial charge on any atom is 0.163 e. The summed E-state index contributed by atoms with van der Waals surface area (Å²) in [7, 11) is 0. The van der Waals surface area contributed by atoms with Gasteiger partial charge < -0.3 is 23.8 Å². The Kier molecular flexibility index (Phi) is 8.50. The predicted molar refractivity (Wildman–Crippen MR) is 172 cm³/mol. The third kappa shape index (κ3) is 6.37. The molecule has 7 rings (SSSR count). The standard InChI is InChI=1S/C31H30BrClFN5O3S/c32-24-15-27-23(14-29(24)41-11-12-43-18-22-5-4-21(42-22)17-38-7-9-40-10-8-38)30-28(39(27)20-2-3-20)16-35-37-31(30)36-19-1-6-26(34)25(33)13-19/h1,4-6,13-16,20H,2-3,7-12,17-18H2,(H,36,37). The van der Waals surface area contributed by atoms with Crippen LogP contribution in [0.2, 0.25) is 5.02 Å². The monoisotopic (exact) mass is 685 g/mol. The first kappa shape index (κ1) is 28.9. The molecule has 43 heavy (non-hydrogen) atoms. The van der Waals surface area contributed by atoms with Crippen LogP contribution in [0.15, 0.2) is 57.6 Å². The van der Waals surface area contributed by atoms with Crippen molar-refractivity contribution in [2.75, 3.05) is 44.0 Å². The Bertz CT molecular complexity index is 1770. The number of furan rings is 1. The number of morpholine rings is 1. The molecule has 2 aliphatic rings. The van der Waals surface area contributed by atoms with Crippen molar-refractivity contribution >= 4 is 72.6 Å². The lowest BCUT2D eigenvalue weighted by Crippen LogP contribution is -2.35. The number of benzene rings is 2. The van der Waals surface area contributed by atoms with Gasteiger partial charge in [-0.15, -0.1) is 5.10 Å². The number of fused-ring (bicyclic) bond motifs is 3. The molecule has 1 saturated carbocycles. The molecule has 1 aliphatic heterocycles. The van der Waals surface area contributed by atoms with Crippen LogP contribution in [-0.2, 0) is 17.0 Å². The highest BCUT2D eigenvalue weighted by Crippen LogP contribution is 2.46. The minimum Gasteiger partial charge on any atom is -0.492 e. The van der Waals surface area contributed by atoms with Crippen LogP contribution in [0.25, 0.3) is 21.8 Å². The largest absolute Gasteiger partial charge is 0.492 e. The van der Waals surface area contributed by atoms with Crippen LogP contribution in [0.1, 0.15) is 30.4 Å². The number of hydrogen-bond acceptors (Lipinski definition) is 8. The molecule has 5 aromatic rings. The van der Waals surface area contributed by atoms with Gasteiger partial charge in [-0.2, -0.15) is 16.9 Å². The third-order valence-electron chi connectivity index (χ3n) is 7.69. The smallest absolute Gasteiger partial charge is 0.163 e. The van der Waals surface area contributed by atoms with E-state index in [0.717, 1.165) is 101 Å². The van der Waals surface area contributed by atoms with Crippen LogP contribution in [-0.4, -0.2) is 58.3 Å². The third-order valence-corrected chi connectivity index (χ3v) is 9.55. The first-order valence-corrected chi connectivity index (χ1v) is 16.6. The van der Waals surface area contributed by atoms with Crippen molar-refractivity contribution in [3.05, 3.63) is 75.5 Å². The molecule has 1 N–H and O–H groups in total. The summed E-state index contributed by atoms with van der Waals surface area (Å²) in [6, 6.07) is 13.3. The fourth-order valence-corrected chi connectivity index (χ4v) is 6.81. The van der Waals surface area contributed by atoms with E-state index in [4.69, 9.17) is 25.5 Å². The van der Waals surface area contributed by atoms with E-state index in [1.54, 1.807) is 23.9 Å². The van der Waals surface area contributed by atoms with Gasteiger partial charge in [-0.1, -0.05) is 11.6 Å². The summed E-state index contributed by atoms with van der Waals surface area (Å²) in [5.74, 6) is 4.47. The number of halogens is 3. The lowest BCUT2D eigenvalue weighted by atomic mass is 10.2. The van der Waals surface area contributed by atoms with Crippen molar-refractivity contribution in [1.82, 2.24) is 19.7 Å². The molecular formula is C31H30BrClFN5O3S. The van der Waals surface area contributed by atoms with E-state index in [1.807, 2.05) is 6.20 Å². The second kappa shape index (κ2) is 12.6. The Morgan fingerprint density at radius 3 is 2.74 bits per heavy atom. The van der Waals surface area contributed by atoms with E-state index in [9.17, 15) is 4.39 Å². The SMILES string of the molecule is Fc1ccc(Nc2nncc3c2c2cc(OCCSCc4ccc(CN5CCOCC5)o4)c(Br)cc2n3C2CC2)cc1Cl. The van der Waals surface area contributed by atoms with Gasteiger partial charge >= 0.3 is 0 Å². The molecule has 2 fully saturated rings. The highest BCUT2D eigenvalue weighted by Gasteiger charge is 2.29.